The van der Waals surface area contributed by atoms with Gasteiger partial charge in [0.05, 0.1) is 6.61 Å². The monoisotopic (exact) mass is 289 g/mol. The molecule has 2 aromatic rings. The van der Waals surface area contributed by atoms with E-state index in [0.29, 0.717) is 18.1 Å². The summed E-state index contributed by atoms with van der Waals surface area (Å²) in [6.45, 7) is 0.574. The van der Waals surface area contributed by atoms with Gasteiger partial charge in [0.25, 0.3) is 0 Å². The zero-order chi connectivity index (χ0) is 14.2. The molecular formula is C16H19NO2S. The molecule has 106 valence electrons. The molecule has 0 amide bonds. The van der Waals surface area contributed by atoms with Crippen molar-refractivity contribution < 1.29 is 8.95 Å². The van der Waals surface area contributed by atoms with Crippen molar-refractivity contribution in [3.05, 3.63) is 60.2 Å². The van der Waals surface area contributed by atoms with Gasteiger partial charge in [-0.1, -0.05) is 30.3 Å². The summed E-state index contributed by atoms with van der Waals surface area (Å²) in [5, 5.41) is 0. The van der Waals surface area contributed by atoms with E-state index in [2.05, 4.69) is 0 Å². The summed E-state index contributed by atoms with van der Waals surface area (Å²) >= 11 is 0. The Hall–Kier alpha value is -1.81. The van der Waals surface area contributed by atoms with E-state index in [4.69, 9.17) is 10.5 Å². The molecule has 2 rings (SSSR count). The molecule has 0 aliphatic heterocycles. The van der Waals surface area contributed by atoms with Gasteiger partial charge in [0.1, 0.15) is 5.75 Å². The minimum Gasteiger partial charge on any atom is -0.494 e. The number of nitrogen functional groups attached to an aromatic ring is 1. The predicted molar refractivity (Wildman–Crippen MR) is 84.1 cm³/mol. The molecule has 2 aromatic carbocycles. The first kappa shape index (κ1) is 14.6. The molecule has 0 radical (unpaired) electrons. The number of anilines is 1. The van der Waals surface area contributed by atoms with Gasteiger partial charge in [-0.3, -0.25) is 4.21 Å². The number of benzene rings is 2. The number of nitrogens with two attached hydrogens (primary N) is 1. The van der Waals surface area contributed by atoms with Crippen LogP contribution in [0.15, 0.2) is 54.6 Å². The summed E-state index contributed by atoms with van der Waals surface area (Å²) < 4.78 is 17.5. The quantitative estimate of drug-likeness (QED) is 0.630. The molecule has 0 aromatic heterocycles. The first-order valence-electron chi connectivity index (χ1n) is 6.61. The average molecular weight is 289 g/mol. The fourth-order valence-corrected chi connectivity index (χ4v) is 2.95. The summed E-state index contributed by atoms with van der Waals surface area (Å²) in [7, 11) is -0.833. The van der Waals surface area contributed by atoms with E-state index in [1.807, 2.05) is 54.6 Å². The van der Waals surface area contributed by atoms with Crippen LogP contribution in [0.3, 0.4) is 0 Å². The minimum absolute atomic E-state index is 0.574. The molecule has 4 heteroatoms. The van der Waals surface area contributed by atoms with E-state index in [1.165, 1.54) is 0 Å². The van der Waals surface area contributed by atoms with Crippen LogP contribution in [0.1, 0.15) is 12.0 Å². The minimum atomic E-state index is -0.833. The summed E-state index contributed by atoms with van der Waals surface area (Å²) in [6.07, 6.45) is 0.782. The summed E-state index contributed by atoms with van der Waals surface area (Å²) in [4.78, 5) is 0. The Balaban J connectivity index is 1.66. The van der Waals surface area contributed by atoms with E-state index >= 15 is 0 Å². The Morgan fingerprint density at radius 1 is 1.00 bits per heavy atom. The van der Waals surface area contributed by atoms with Crippen LogP contribution >= 0.6 is 0 Å². The van der Waals surface area contributed by atoms with Crippen LogP contribution < -0.4 is 10.5 Å². The predicted octanol–water partition coefficient (Wildman–Crippen LogP) is 2.99. The largest absolute Gasteiger partial charge is 0.494 e. The smallest absolute Gasteiger partial charge is 0.119 e. The fraction of sp³-hybridized carbons (Fsp3) is 0.250. The van der Waals surface area contributed by atoms with Crippen LogP contribution in [0.25, 0.3) is 0 Å². The molecule has 0 saturated heterocycles. The van der Waals surface area contributed by atoms with Crippen LogP contribution in [0.2, 0.25) is 0 Å². The lowest BCUT2D eigenvalue weighted by Gasteiger charge is -2.06. The molecule has 0 aliphatic rings. The molecule has 0 bridgehead atoms. The summed E-state index contributed by atoms with van der Waals surface area (Å²) in [5.41, 5.74) is 7.44. The van der Waals surface area contributed by atoms with Crippen molar-refractivity contribution in [3.63, 3.8) is 0 Å². The lowest BCUT2D eigenvalue weighted by Crippen LogP contribution is -2.06. The number of ether oxygens (including phenoxy) is 1. The Bertz CT molecular complexity index is 540. The number of hydrogen-bond donors (Lipinski definition) is 1. The van der Waals surface area contributed by atoms with E-state index in [0.717, 1.165) is 23.4 Å². The first-order valence-corrected chi connectivity index (χ1v) is 8.10. The first-order chi connectivity index (χ1) is 9.74. The van der Waals surface area contributed by atoms with Gasteiger partial charge in [-0.25, -0.2) is 0 Å². The number of hydrogen-bond acceptors (Lipinski definition) is 3. The van der Waals surface area contributed by atoms with Gasteiger partial charge in [0.2, 0.25) is 0 Å². The van der Waals surface area contributed by atoms with Gasteiger partial charge in [-0.05, 0) is 36.2 Å². The van der Waals surface area contributed by atoms with Gasteiger partial charge >= 0.3 is 0 Å². The molecule has 0 spiro atoms. The van der Waals surface area contributed by atoms with Gasteiger partial charge in [-0.2, -0.15) is 0 Å². The highest BCUT2D eigenvalue weighted by atomic mass is 32.2. The second-order valence-electron chi connectivity index (χ2n) is 4.54. The molecule has 0 aliphatic carbocycles. The van der Waals surface area contributed by atoms with E-state index < -0.39 is 10.8 Å². The Morgan fingerprint density at radius 3 is 2.40 bits per heavy atom. The SMILES string of the molecule is Nc1ccc(OCCCS(=O)Cc2ccccc2)cc1. The normalized spacial score (nSPS) is 12.0. The van der Waals surface area contributed by atoms with Crippen molar-refractivity contribution in [3.8, 4) is 5.75 Å². The maximum Gasteiger partial charge on any atom is 0.119 e. The highest BCUT2D eigenvalue weighted by molar-refractivity contribution is 7.84. The van der Waals surface area contributed by atoms with Gasteiger partial charge in [0, 0.05) is 28.0 Å². The Labute approximate surface area is 122 Å². The standard InChI is InChI=1S/C16H19NO2S/c17-15-7-9-16(10-8-15)19-11-4-12-20(18)13-14-5-2-1-3-6-14/h1-3,5-10H,4,11-13,17H2. The van der Waals surface area contributed by atoms with Gasteiger partial charge < -0.3 is 10.5 Å². The zero-order valence-corrected chi connectivity index (χ0v) is 12.1. The second kappa shape index (κ2) is 7.70. The van der Waals surface area contributed by atoms with Crippen molar-refractivity contribution in [1.82, 2.24) is 0 Å². The highest BCUT2D eigenvalue weighted by Gasteiger charge is 2.02. The third-order valence-corrected chi connectivity index (χ3v) is 4.23. The molecule has 0 heterocycles. The number of rotatable bonds is 7. The van der Waals surface area contributed by atoms with E-state index in [9.17, 15) is 4.21 Å². The van der Waals surface area contributed by atoms with Crippen LogP contribution in [-0.4, -0.2) is 16.6 Å². The van der Waals surface area contributed by atoms with Crippen LogP contribution in [-0.2, 0) is 16.6 Å². The summed E-state index contributed by atoms with van der Waals surface area (Å²) in [5.74, 6) is 2.07. The molecule has 1 atom stereocenters. The zero-order valence-electron chi connectivity index (χ0n) is 11.3. The van der Waals surface area contributed by atoms with Gasteiger partial charge in [0.15, 0.2) is 0 Å². The van der Waals surface area contributed by atoms with Crippen molar-refractivity contribution in [2.75, 3.05) is 18.1 Å². The lowest BCUT2D eigenvalue weighted by molar-refractivity contribution is 0.318. The molecule has 3 nitrogen and oxygen atoms in total. The Kier molecular flexibility index (Phi) is 5.62. The maximum absolute atomic E-state index is 11.9. The third kappa shape index (κ3) is 5.05. The van der Waals surface area contributed by atoms with Gasteiger partial charge in [-0.15, -0.1) is 0 Å². The molecule has 0 fully saturated rings. The van der Waals surface area contributed by atoms with E-state index in [1.54, 1.807) is 0 Å². The third-order valence-electron chi connectivity index (χ3n) is 2.84. The van der Waals surface area contributed by atoms with Crippen molar-refractivity contribution in [2.45, 2.75) is 12.2 Å². The average Bonchev–Trinajstić information content (AvgIpc) is 2.46. The van der Waals surface area contributed by atoms with Crippen molar-refractivity contribution in [1.29, 1.82) is 0 Å². The van der Waals surface area contributed by atoms with E-state index in [-0.39, 0.29) is 0 Å². The molecular weight excluding hydrogens is 270 g/mol. The second-order valence-corrected chi connectivity index (χ2v) is 6.12. The van der Waals surface area contributed by atoms with Crippen molar-refractivity contribution >= 4 is 16.5 Å². The lowest BCUT2D eigenvalue weighted by atomic mass is 10.2. The van der Waals surface area contributed by atoms with Crippen LogP contribution in [0.4, 0.5) is 5.69 Å². The fourth-order valence-electron chi connectivity index (χ4n) is 1.81. The molecule has 20 heavy (non-hydrogen) atoms. The van der Waals surface area contributed by atoms with Crippen LogP contribution in [0.5, 0.6) is 5.75 Å². The van der Waals surface area contributed by atoms with Crippen molar-refractivity contribution in [2.24, 2.45) is 0 Å². The maximum atomic E-state index is 11.9. The molecule has 1 unspecified atom stereocenters. The molecule has 2 N–H and O–H groups in total. The Morgan fingerprint density at radius 2 is 1.70 bits per heavy atom. The molecule has 0 saturated carbocycles. The topological polar surface area (TPSA) is 52.3 Å². The highest BCUT2D eigenvalue weighted by Crippen LogP contribution is 2.13. The summed E-state index contributed by atoms with van der Waals surface area (Å²) in [6, 6.07) is 17.2. The van der Waals surface area contributed by atoms with Crippen LogP contribution in [0, 0.1) is 0 Å².